The third kappa shape index (κ3) is 4.07. The molecule has 24 heavy (non-hydrogen) atoms. The summed E-state index contributed by atoms with van der Waals surface area (Å²) in [6.07, 6.45) is 2.75. The van der Waals surface area contributed by atoms with E-state index in [1.54, 1.807) is 18.2 Å². The zero-order chi connectivity index (χ0) is 16.9. The molecule has 0 aromatic heterocycles. The molecule has 3 rings (SSSR count). The quantitative estimate of drug-likeness (QED) is 0.838. The zero-order valence-corrected chi connectivity index (χ0v) is 14.0. The molecule has 0 radical (unpaired) electrons. The average molecular weight is 333 g/mol. The smallest absolute Gasteiger partial charge is 0.251 e. The Hall–Kier alpha value is -2.05. The summed E-state index contributed by atoms with van der Waals surface area (Å²) >= 11 is 0. The maximum atomic E-state index is 12.5. The summed E-state index contributed by atoms with van der Waals surface area (Å²) in [6.45, 7) is 5.91. The highest BCUT2D eigenvalue weighted by molar-refractivity contribution is 5.95. The number of rotatable bonds is 5. The number of allylic oxidation sites excluding steroid dienone is 1. The normalized spacial score (nSPS) is 22.1. The molecule has 0 unspecified atom stereocenters. The maximum absolute atomic E-state index is 12.5. The topological polar surface area (TPSA) is 66.0 Å². The summed E-state index contributed by atoms with van der Waals surface area (Å²) in [7, 11) is 0. The summed E-state index contributed by atoms with van der Waals surface area (Å²) in [4.78, 5) is 12.5. The van der Waals surface area contributed by atoms with Crippen molar-refractivity contribution in [3.05, 3.63) is 35.4 Å². The number of fused-ring (bicyclic) bond motifs is 1. The van der Waals surface area contributed by atoms with Gasteiger partial charge in [0.1, 0.15) is 0 Å². The lowest BCUT2D eigenvalue weighted by atomic mass is 10.1. The van der Waals surface area contributed by atoms with Crippen molar-refractivity contribution in [3.63, 3.8) is 0 Å². The van der Waals surface area contributed by atoms with Crippen LogP contribution in [-0.2, 0) is 9.47 Å². The third-order valence-electron chi connectivity index (χ3n) is 4.05. The molecule has 1 N–H and O–H groups in total. The monoisotopic (exact) mass is 333 g/mol. The number of nitrogens with one attached hydrogen (secondary N) is 1. The van der Waals surface area contributed by atoms with E-state index in [2.05, 4.69) is 5.32 Å². The van der Waals surface area contributed by atoms with Crippen LogP contribution in [-0.4, -0.2) is 44.7 Å². The zero-order valence-electron chi connectivity index (χ0n) is 14.0. The molecule has 2 aliphatic heterocycles. The molecular formula is C18H23NO5. The van der Waals surface area contributed by atoms with Crippen LogP contribution in [0.25, 0.3) is 0 Å². The van der Waals surface area contributed by atoms with Gasteiger partial charge in [0.25, 0.3) is 5.91 Å². The fourth-order valence-corrected chi connectivity index (χ4v) is 2.68. The predicted molar refractivity (Wildman–Crippen MR) is 88.4 cm³/mol. The Labute approximate surface area is 141 Å². The van der Waals surface area contributed by atoms with Gasteiger partial charge in [0.15, 0.2) is 11.5 Å². The lowest BCUT2D eigenvalue weighted by molar-refractivity contribution is -0.0457. The molecule has 1 aromatic carbocycles. The van der Waals surface area contributed by atoms with Gasteiger partial charge in [0.2, 0.25) is 6.79 Å². The molecule has 6 heteroatoms. The standard InChI is InChI=1S/C18H23NO5/c1-12(2)5-8-22-15-6-7-21-10-14(15)19-18(20)13-3-4-16-17(9-13)24-11-23-16/h3-5,9,14-15H,6-8,10-11H2,1-2H3,(H,19,20)/t14-,15+/m1/s1. The summed E-state index contributed by atoms with van der Waals surface area (Å²) in [5.74, 6) is 1.09. The van der Waals surface area contributed by atoms with Crippen LogP contribution in [0.5, 0.6) is 11.5 Å². The van der Waals surface area contributed by atoms with E-state index in [9.17, 15) is 4.79 Å². The molecule has 1 amide bonds. The first-order valence-corrected chi connectivity index (χ1v) is 8.16. The Kier molecular flexibility index (Phi) is 5.37. The minimum Gasteiger partial charge on any atom is -0.454 e. The van der Waals surface area contributed by atoms with E-state index < -0.39 is 0 Å². The number of carbonyl (C=O) groups is 1. The first-order valence-electron chi connectivity index (χ1n) is 8.16. The van der Waals surface area contributed by atoms with Crippen molar-refractivity contribution in [2.45, 2.75) is 32.4 Å². The van der Waals surface area contributed by atoms with Crippen LogP contribution in [0.1, 0.15) is 30.6 Å². The van der Waals surface area contributed by atoms with Crippen molar-refractivity contribution >= 4 is 5.91 Å². The van der Waals surface area contributed by atoms with Gasteiger partial charge in [-0.1, -0.05) is 11.6 Å². The second kappa shape index (κ2) is 7.68. The summed E-state index contributed by atoms with van der Waals surface area (Å²) in [5.41, 5.74) is 1.75. The van der Waals surface area contributed by atoms with Crippen molar-refractivity contribution < 1.29 is 23.7 Å². The van der Waals surface area contributed by atoms with Crippen LogP contribution in [0.3, 0.4) is 0 Å². The van der Waals surface area contributed by atoms with E-state index in [1.807, 2.05) is 19.9 Å². The molecule has 6 nitrogen and oxygen atoms in total. The lowest BCUT2D eigenvalue weighted by Crippen LogP contribution is -2.50. The molecule has 1 fully saturated rings. The van der Waals surface area contributed by atoms with Gasteiger partial charge >= 0.3 is 0 Å². The lowest BCUT2D eigenvalue weighted by Gasteiger charge is -2.31. The van der Waals surface area contributed by atoms with Gasteiger partial charge in [0.05, 0.1) is 25.4 Å². The number of carbonyl (C=O) groups excluding carboxylic acids is 1. The molecular weight excluding hydrogens is 310 g/mol. The number of hydrogen-bond acceptors (Lipinski definition) is 5. The van der Waals surface area contributed by atoms with E-state index in [1.165, 1.54) is 5.57 Å². The highest BCUT2D eigenvalue weighted by Gasteiger charge is 2.28. The summed E-state index contributed by atoms with van der Waals surface area (Å²) < 4.78 is 22.0. The van der Waals surface area contributed by atoms with Crippen molar-refractivity contribution in [3.8, 4) is 11.5 Å². The molecule has 0 aliphatic carbocycles. The van der Waals surface area contributed by atoms with E-state index in [4.69, 9.17) is 18.9 Å². The number of benzene rings is 1. The van der Waals surface area contributed by atoms with Crippen LogP contribution in [0.15, 0.2) is 29.8 Å². The summed E-state index contributed by atoms with van der Waals surface area (Å²) in [6, 6.07) is 5.01. The minimum absolute atomic E-state index is 0.0488. The predicted octanol–water partition coefficient (Wildman–Crippen LogP) is 2.29. The first-order chi connectivity index (χ1) is 11.6. The molecule has 1 aromatic rings. The van der Waals surface area contributed by atoms with Crippen LogP contribution in [0.2, 0.25) is 0 Å². The van der Waals surface area contributed by atoms with Crippen LogP contribution >= 0.6 is 0 Å². The van der Waals surface area contributed by atoms with Crippen LogP contribution in [0, 0.1) is 0 Å². The van der Waals surface area contributed by atoms with E-state index in [-0.39, 0.29) is 24.8 Å². The van der Waals surface area contributed by atoms with E-state index in [0.717, 1.165) is 6.42 Å². The molecule has 0 spiro atoms. The fraction of sp³-hybridized carbons (Fsp3) is 0.500. The Morgan fingerprint density at radius 3 is 3.00 bits per heavy atom. The largest absolute Gasteiger partial charge is 0.454 e. The van der Waals surface area contributed by atoms with Crippen LogP contribution in [0.4, 0.5) is 0 Å². The van der Waals surface area contributed by atoms with Gasteiger partial charge in [0, 0.05) is 12.2 Å². The molecule has 0 saturated carbocycles. The van der Waals surface area contributed by atoms with Crippen molar-refractivity contribution in [2.24, 2.45) is 0 Å². The summed E-state index contributed by atoms with van der Waals surface area (Å²) in [5, 5.41) is 3.01. The molecule has 1 saturated heterocycles. The molecule has 2 aliphatic rings. The van der Waals surface area contributed by atoms with Crippen molar-refractivity contribution in [1.82, 2.24) is 5.32 Å². The van der Waals surface area contributed by atoms with E-state index >= 15 is 0 Å². The highest BCUT2D eigenvalue weighted by atomic mass is 16.7. The Bertz CT molecular complexity index is 624. The van der Waals surface area contributed by atoms with Gasteiger partial charge in [-0.2, -0.15) is 0 Å². The fourth-order valence-electron chi connectivity index (χ4n) is 2.68. The second-order valence-electron chi connectivity index (χ2n) is 6.16. The first kappa shape index (κ1) is 16.8. The minimum atomic E-state index is -0.167. The number of amides is 1. The highest BCUT2D eigenvalue weighted by Crippen LogP contribution is 2.32. The number of ether oxygens (including phenoxy) is 4. The van der Waals surface area contributed by atoms with Gasteiger partial charge in [-0.05, 0) is 38.5 Å². The van der Waals surface area contributed by atoms with Crippen LogP contribution < -0.4 is 14.8 Å². The van der Waals surface area contributed by atoms with Crippen molar-refractivity contribution in [2.75, 3.05) is 26.6 Å². The molecule has 130 valence electrons. The number of hydrogen-bond donors (Lipinski definition) is 1. The van der Waals surface area contributed by atoms with Crippen molar-refractivity contribution in [1.29, 1.82) is 0 Å². The molecule has 2 atom stereocenters. The Balaban J connectivity index is 1.61. The van der Waals surface area contributed by atoms with E-state index in [0.29, 0.717) is 36.9 Å². The van der Waals surface area contributed by atoms with Gasteiger partial charge in [-0.25, -0.2) is 0 Å². The Morgan fingerprint density at radius 1 is 1.33 bits per heavy atom. The van der Waals surface area contributed by atoms with Gasteiger partial charge < -0.3 is 24.3 Å². The maximum Gasteiger partial charge on any atom is 0.251 e. The molecule has 0 bridgehead atoms. The Morgan fingerprint density at radius 2 is 2.17 bits per heavy atom. The molecule has 2 heterocycles. The van der Waals surface area contributed by atoms with Gasteiger partial charge in [-0.15, -0.1) is 0 Å². The SMILES string of the molecule is CC(C)=CCO[C@H]1CCOC[C@H]1NC(=O)c1ccc2c(c1)OCO2. The third-order valence-corrected chi connectivity index (χ3v) is 4.05. The average Bonchev–Trinajstić information content (AvgIpc) is 3.03. The van der Waals surface area contributed by atoms with Gasteiger partial charge in [-0.3, -0.25) is 4.79 Å². The second-order valence-corrected chi connectivity index (χ2v) is 6.16.